The summed E-state index contributed by atoms with van der Waals surface area (Å²) in [6, 6.07) is 9.22. The average Bonchev–Trinajstić information content (AvgIpc) is 2.75. The van der Waals surface area contributed by atoms with Gasteiger partial charge in [0.05, 0.1) is 11.4 Å². The second kappa shape index (κ2) is 6.46. The number of hydrazone groups is 1. The average molecular weight is 272 g/mol. The lowest BCUT2D eigenvalue weighted by atomic mass is 9.95. The standard InChI is InChI=1S/C16H20N2O2/c1-3-4-6-11-14(19)15-12(2)17-18(16(15)20)13-9-7-5-8-10-13/h5,7-10,15H,3-4,6,11H2,1-2H3. The van der Waals surface area contributed by atoms with E-state index in [-0.39, 0.29) is 11.7 Å². The number of nitrogens with zero attached hydrogens (tertiary/aromatic N) is 2. The van der Waals surface area contributed by atoms with E-state index in [1.807, 2.05) is 30.3 Å². The molecular formula is C16H20N2O2. The minimum absolute atomic E-state index is 0.0110. The number of amides is 1. The lowest BCUT2D eigenvalue weighted by molar-refractivity contribution is -0.129. The lowest BCUT2D eigenvalue weighted by Crippen LogP contribution is -2.32. The molecule has 0 radical (unpaired) electrons. The molecule has 1 heterocycles. The van der Waals surface area contributed by atoms with E-state index >= 15 is 0 Å². The Hall–Kier alpha value is -1.97. The number of ketones is 1. The van der Waals surface area contributed by atoms with Crippen LogP contribution in [0.15, 0.2) is 35.4 Å². The fourth-order valence-corrected chi connectivity index (χ4v) is 2.38. The summed E-state index contributed by atoms with van der Waals surface area (Å²) < 4.78 is 0. The van der Waals surface area contributed by atoms with Gasteiger partial charge in [-0.25, -0.2) is 0 Å². The normalized spacial score (nSPS) is 18.3. The van der Waals surface area contributed by atoms with Crippen molar-refractivity contribution in [2.45, 2.75) is 39.5 Å². The number of rotatable bonds is 6. The number of carbonyl (C=O) groups is 2. The predicted octanol–water partition coefficient (Wildman–Crippen LogP) is 3.17. The van der Waals surface area contributed by atoms with E-state index in [1.54, 1.807) is 6.92 Å². The van der Waals surface area contributed by atoms with Gasteiger partial charge in [0.15, 0.2) is 5.78 Å². The third kappa shape index (κ3) is 2.95. The zero-order valence-electron chi connectivity index (χ0n) is 12.0. The monoisotopic (exact) mass is 272 g/mol. The molecule has 0 saturated carbocycles. The van der Waals surface area contributed by atoms with E-state index in [4.69, 9.17) is 0 Å². The Bertz CT molecular complexity index is 523. The Kier molecular flexibility index (Phi) is 4.66. The molecule has 1 aliphatic rings. The largest absolute Gasteiger partial charge is 0.298 e. The topological polar surface area (TPSA) is 49.7 Å². The maximum Gasteiger partial charge on any atom is 0.263 e. The highest BCUT2D eigenvalue weighted by molar-refractivity contribution is 6.26. The minimum Gasteiger partial charge on any atom is -0.298 e. The molecule has 0 N–H and O–H groups in total. The molecule has 0 fully saturated rings. The van der Waals surface area contributed by atoms with Crippen molar-refractivity contribution in [1.29, 1.82) is 0 Å². The molecule has 4 heteroatoms. The van der Waals surface area contributed by atoms with Gasteiger partial charge in [-0.3, -0.25) is 9.59 Å². The summed E-state index contributed by atoms with van der Waals surface area (Å²) in [5, 5.41) is 5.60. The van der Waals surface area contributed by atoms with Crippen molar-refractivity contribution in [3.63, 3.8) is 0 Å². The van der Waals surface area contributed by atoms with Crippen LogP contribution in [0, 0.1) is 5.92 Å². The van der Waals surface area contributed by atoms with Gasteiger partial charge >= 0.3 is 0 Å². The molecule has 20 heavy (non-hydrogen) atoms. The lowest BCUT2D eigenvalue weighted by Gasteiger charge is -2.13. The molecule has 0 saturated heterocycles. The zero-order chi connectivity index (χ0) is 14.5. The van der Waals surface area contributed by atoms with Crippen LogP contribution in [-0.4, -0.2) is 17.4 Å². The van der Waals surface area contributed by atoms with Crippen LogP contribution in [0.5, 0.6) is 0 Å². The summed E-state index contributed by atoms with van der Waals surface area (Å²) >= 11 is 0. The van der Waals surface area contributed by atoms with Gasteiger partial charge in [-0.05, 0) is 25.5 Å². The third-order valence-electron chi connectivity index (χ3n) is 3.48. The van der Waals surface area contributed by atoms with Crippen LogP contribution in [0.1, 0.15) is 39.5 Å². The minimum atomic E-state index is -0.688. The highest BCUT2D eigenvalue weighted by Gasteiger charge is 2.38. The van der Waals surface area contributed by atoms with Crippen LogP contribution in [-0.2, 0) is 9.59 Å². The van der Waals surface area contributed by atoms with E-state index in [1.165, 1.54) is 5.01 Å². The third-order valence-corrected chi connectivity index (χ3v) is 3.48. The van der Waals surface area contributed by atoms with Gasteiger partial charge in [0.1, 0.15) is 5.92 Å². The Labute approximate surface area is 119 Å². The highest BCUT2D eigenvalue weighted by Crippen LogP contribution is 2.25. The second-order valence-corrected chi connectivity index (χ2v) is 5.08. The van der Waals surface area contributed by atoms with E-state index in [2.05, 4.69) is 12.0 Å². The van der Waals surface area contributed by atoms with Crippen molar-refractivity contribution in [3.8, 4) is 0 Å². The SMILES string of the molecule is CCCCCC(=O)C1C(=O)N(c2ccccc2)N=C1C. The molecule has 106 valence electrons. The molecule has 1 unspecified atom stereocenters. The van der Waals surface area contributed by atoms with Crippen molar-refractivity contribution >= 4 is 23.1 Å². The summed E-state index contributed by atoms with van der Waals surface area (Å²) in [4.78, 5) is 24.6. The molecule has 1 aromatic carbocycles. The molecule has 1 atom stereocenters. The van der Waals surface area contributed by atoms with E-state index < -0.39 is 5.92 Å². The Morgan fingerprint density at radius 3 is 2.60 bits per heavy atom. The van der Waals surface area contributed by atoms with Crippen molar-refractivity contribution in [3.05, 3.63) is 30.3 Å². The number of para-hydroxylation sites is 1. The summed E-state index contributed by atoms with van der Waals surface area (Å²) in [6.45, 7) is 3.85. The molecule has 1 amide bonds. The van der Waals surface area contributed by atoms with Gasteiger partial charge in [-0.15, -0.1) is 0 Å². The first-order valence-electron chi connectivity index (χ1n) is 7.12. The van der Waals surface area contributed by atoms with E-state index in [0.717, 1.165) is 19.3 Å². The number of hydrogen-bond donors (Lipinski definition) is 0. The summed E-state index contributed by atoms with van der Waals surface area (Å²) in [5.74, 6) is -0.926. The van der Waals surface area contributed by atoms with Crippen molar-refractivity contribution in [2.75, 3.05) is 5.01 Å². The second-order valence-electron chi connectivity index (χ2n) is 5.08. The number of unbranched alkanes of at least 4 members (excludes halogenated alkanes) is 2. The van der Waals surface area contributed by atoms with Crippen LogP contribution < -0.4 is 5.01 Å². The smallest absolute Gasteiger partial charge is 0.263 e. The van der Waals surface area contributed by atoms with Crippen LogP contribution in [0.2, 0.25) is 0 Å². The molecular weight excluding hydrogens is 252 g/mol. The maximum atomic E-state index is 12.4. The van der Waals surface area contributed by atoms with Gasteiger partial charge in [0, 0.05) is 6.42 Å². The number of Topliss-reactive ketones (excluding diaryl/α,β-unsaturated/α-hetero) is 1. The van der Waals surface area contributed by atoms with Crippen molar-refractivity contribution < 1.29 is 9.59 Å². The van der Waals surface area contributed by atoms with Crippen molar-refractivity contribution in [1.82, 2.24) is 0 Å². The maximum absolute atomic E-state index is 12.4. The molecule has 1 aromatic rings. The Morgan fingerprint density at radius 1 is 1.25 bits per heavy atom. The fraction of sp³-hybridized carbons (Fsp3) is 0.438. The summed E-state index contributed by atoms with van der Waals surface area (Å²) in [6.07, 6.45) is 3.39. The van der Waals surface area contributed by atoms with Crippen LogP contribution in [0.3, 0.4) is 0 Å². The van der Waals surface area contributed by atoms with Crippen LogP contribution >= 0.6 is 0 Å². The molecule has 2 rings (SSSR count). The quantitative estimate of drug-likeness (QED) is 0.590. The molecule has 0 aliphatic carbocycles. The van der Waals surface area contributed by atoms with E-state index in [0.29, 0.717) is 17.8 Å². The fourth-order valence-electron chi connectivity index (χ4n) is 2.38. The van der Waals surface area contributed by atoms with Gasteiger partial charge in [-0.1, -0.05) is 38.0 Å². The first-order valence-corrected chi connectivity index (χ1v) is 7.12. The number of hydrogen-bond acceptors (Lipinski definition) is 3. The highest BCUT2D eigenvalue weighted by atomic mass is 16.2. The molecule has 0 aromatic heterocycles. The van der Waals surface area contributed by atoms with E-state index in [9.17, 15) is 9.59 Å². The van der Waals surface area contributed by atoms with Crippen LogP contribution in [0.4, 0.5) is 5.69 Å². The molecule has 0 bridgehead atoms. The Balaban J connectivity index is 2.09. The molecule has 4 nitrogen and oxygen atoms in total. The first-order chi connectivity index (χ1) is 9.65. The predicted molar refractivity (Wildman–Crippen MR) is 79.7 cm³/mol. The molecule has 1 aliphatic heterocycles. The zero-order valence-corrected chi connectivity index (χ0v) is 12.0. The summed E-state index contributed by atoms with van der Waals surface area (Å²) in [5.41, 5.74) is 1.31. The van der Waals surface area contributed by atoms with Gasteiger partial charge in [0.2, 0.25) is 0 Å². The van der Waals surface area contributed by atoms with Gasteiger partial charge in [0.25, 0.3) is 5.91 Å². The van der Waals surface area contributed by atoms with Crippen molar-refractivity contribution in [2.24, 2.45) is 11.0 Å². The number of anilines is 1. The van der Waals surface area contributed by atoms with Gasteiger partial charge < -0.3 is 0 Å². The van der Waals surface area contributed by atoms with Gasteiger partial charge in [-0.2, -0.15) is 10.1 Å². The first kappa shape index (κ1) is 14.4. The Morgan fingerprint density at radius 2 is 1.95 bits per heavy atom. The molecule has 0 spiro atoms. The summed E-state index contributed by atoms with van der Waals surface area (Å²) in [7, 11) is 0. The van der Waals surface area contributed by atoms with Crippen LogP contribution in [0.25, 0.3) is 0 Å². The number of carbonyl (C=O) groups excluding carboxylic acids is 2. The number of benzene rings is 1.